The summed E-state index contributed by atoms with van der Waals surface area (Å²) >= 11 is 3.84. The molecule has 9 aromatic carbocycles. The molecule has 0 bridgehead atoms. The van der Waals surface area contributed by atoms with Gasteiger partial charge in [0.2, 0.25) is 0 Å². The predicted molar refractivity (Wildman–Crippen MR) is 231 cm³/mol. The van der Waals surface area contributed by atoms with E-state index < -0.39 is 0 Å². The first-order chi connectivity index (χ1) is 26.3. The van der Waals surface area contributed by atoms with Crippen molar-refractivity contribution in [3.63, 3.8) is 0 Å². The molecule has 0 atom stereocenters. The monoisotopic (exact) mass is 708 g/mol. The Morgan fingerprint density at radius 3 is 1.77 bits per heavy atom. The molecule has 0 unspecified atom stereocenters. The van der Waals surface area contributed by atoms with Crippen molar-refractivity contribution in [1.29, 1.82) is 0 Å². The van der Waals surface area contributed by atoms with Crippen LogP contribution in [0.5, 0.6) is 0 Å². The summed E-state index contributed by atoms with van der Waals surface area (Å²) in [6, 6.07) is 62.4. The molecule has 0 saturated heterocycles. The van der Waals surface area contributed by atoms with E-state index in [1.165, 1.54) is 101 Å². The van der Waals surface area contributed by atoms with Crippen LogP contribution in [0.15, 0.2) is 174 Å². The van der Waals surface area contributed by atoms with Gasteiger partial charge in [-0.25, -0.2) is 0 Å². The van der Waals surface area contributed by atoms with Gasteiger partial charge in [0.15, 0.2) is 0 Å². The molecule has 246 valence electrons. The smallest absolute Gasteiger partial charge is 0.136 e. The van der Waals surface area contributed by atoms with Crippen molar-refractivity contribution in [2.45, 2.75) is 0 Å². The summed E-state index contributed by atoms with van der Waals surface area (Å²) in [6.45, 7) is 0. The molecule has 0 aliphatic carbocycles. The first-order valence-corrected chi connectivity index (χ1v) is 19.6. The molecule has 0 N–H and O–H groups in total. The van der Waals surface area contributed by atoms with Gasteiger partial charge in [0.05, 0.1) is 9.40 Å². The van der Waals surface area contributed by atoms with E-state index in [0.717, 1.165) is 16.6 Å². The Hall–Kier alpha value is -6.26. The van der Waals surface area contributed by atoms with Crippen LogP contribution in [0, 0.1) is 0 Å². The highest BCUT2D eigenvalue weighted by Crippen LogP contribution is 2.51. The molecule has 3 heteroatoms. The van der Waals surface area contributed by atoms with E-state index in [1.807, 2.05) is 28.7 Å². The second kappa shape index (κ2) is 11.1. The third kappa shape index (κ3) is 4.24. The average molecular weight is 709 g/mol. The molecule has 0 amide bonds. The first-order valence-electron chi connectivity index (χ1n) is 18.0. The third-order valence-electron chi connectivity index (χ3n) is 11.1. The fourth-order valence-electron chi connectivity index (χ4n) is 8.75. The summed E-state index contributed by atoms with van der Waals surface area (Å²) in [5.41, 5.74) is 8.19. The van der Waals surface area contributed by atoms with Gasteiger partial charge in [0, 0.05) is 36.5 Å². The molecule has 3 heterocycles. The van der Waals surface area contributed by atoms with Crippen molar-refractivity contribution in [3.05, 3.63) is 170 Å². The Morgan fingerprint density at radius 1 is 0.358 bits per heavy atom. The number of furan rings is 1. The average Bonchev–Trinajstić information content (AvgIpc) is 3.94. The van der Waals surface area contributed by atoms with Crippen molar-refractivity contribution in [2.75, 3.05) is 0 Å². The largest absolute Gasteiger partial charge is 0.456 e. The molecular weight excluding hydrogens is 681 g/mol. The lowest BCUT2D eigenvalue weighted by Crippen LogP contribution is -1.91. The topological polar surface area (TPSA) is 13.1 Å². The number of para-hydroxylation sites is 1. The number of hydrogen-bond donors (Lipinski definition) is 0. The van der Waals surface area contributed by atoms with Gasteiger partial charge in [-0.2, -0.15) is 0 Å². The fraction of sp³-hybridized carbons (Fsp3) is 0. The highest BCUT2D eigenvalue weighted by atomic mass is 32.1. The summed E-state index contributed by atoms with van der Waals surface area (Å²) in [5.74, 6) is 0. The molecule has 3 aromatic heterocycles. The Balaban J connectivity index is 1.18. The van der Waals surface area contributed by atoms with Gasteiger partial charge < -0.3 is 4.42 Å². The van der Waals surface area contributed by atoms with Crippen molar-refractivity contribution in [1.82, 2.24) is 0 Å². The standard InChI is InChI=1S/C50H28OS2/c1-2-12-29(13-3-1)45-28-41-39(27-40-33-14-9-11-21-44(33)52-49(40)50(41)53-45)47-36-17-6-4-15-34(36)46(35-16-5-7-18-37(35)47)31-22-24-32-30(26-31)23-25-43-48(32)38-19-8-10-20-42(38)51-43/h1-28H. The fourth-order valence-corrected chi connectivity index (χ4v) is 11.3. The number of rotatable bonds is 3. The summed E-state index contributed by atoms with van der Waals surface area (Å²) in [7, 11) is 0. The van der Waals surface area contributed by atoms with E-state index in [1.54, 1.807) is 0 Å². The van der Waals surface area contributed by atoms with Crippen LogP contribution < -0.4 is 0 Å². The minimum Gasteiger partial charge on any atom is -0.456 e. The van der Waals surface area contributed by atoms with Crippen LogP contribution in [0.3, 0.4) is 0 Å². The van der Waals surface area contributed by atoms with Gasteiger partial charge in [-0.15, -0.1) is 22.7 Å². The Kier molecular flexibility index (Phi) is 6.15. The van der Waals surface area contributed by atoms with E-state index in [9.17, 15) is 0 Å². The zero-order chi connectivity index (χ0) is 34.6. The van der Waals surface area contributed by atoms with Gasteiger partial charge in [-0.1, -0.05) is 133 Å². The number of thiophene rings is 2. The predicted octanol–water partition coefficient (Wildman–Crippen LogP) is 15.6. The quantitative estimate of drug-likeness (QED) is 0.167. The summed E-state index contributed by atoms with van der Waals surface area (Å²) in [6.07, 6.45) is 0. The molecule has 0 fully saturated rings. The molecular formula is C50H28OS2. The number of benzene rings is 9. The third-order valence-corrected chi connectivity index (χ3v) is 13.6. The second-order valence-electron chi connectivity index (χ2n) is 13.9. The van der Waals surface area contributed by atoms with Crippen LogP contribution in [0.4, 0.5) is 0 Å². The van der Waals surface area contributed by atoms with Crippen molar-refractivity contribution in [2.24, 2.45) is 0 Å². The maximum atomic E-state index is 6.25. The Bertz CT molecular complexity index is 3390. The molecule has 0 spiro atoms. The summed E-state index contributed by atoms with van der Waals surface area (Å²) in [5, 5.41) is 13.8. The molecule has 12 rings (SSSR count). The Morgan fingerprint density at radius 2 is 1.00 bits per heavy atom. The highest BCUT2D eigenvalue weighted by Gasteiger charge is 2.22. The van der Waals surface area contributed by atoms with Crippen LogP contribution in [0.1, 0.15) is 0 Å². The van der Waals surface area contributed by atoms with Gasteiger partial charge in [0.25, 0.3) is 0 Å². The summed E-state index contributed by atoms with van der Waals surface area (Å²) in [4.78, 5) is 1.30. The zero-order valence-corrected chi connectivity index (χ0v) is 30.0. The normalized spacial score (nSPS) is 12.2. The van der Waals surface area contributed by atoms with E-state index in [4.69, 9.17) is 4.42 Å². The lowest BCUT2D eigenvalue weighted by molar-refractivity contribution is 0.669. The van der Waals surface area contributed by atoms with E-state index in [0.29, 0.717) is 0 Å². The Labute approximate surface area is 312 Å². The minimum absolute atomic E-state index is 0.927. The second-order valence-corrected chi connectivity index (χ2v) is 16.0. The van der Waals surface area contributed by atoms with Gasteiger partial charge in [0.1, 0.15) is 11.2 Å². The van der Waals surface area contributed by atoms with Gasteiger partial charge >= 0.3 is 0 Å². The first kappa shape index (κ1) is 29.3. The van der Waals surface area contributed by atoms with Crippen LogP contribution in [0.2, 0.25) is 0 Å². The highest BCUT2D eigenvalue weighted by molar-refractivity contribution is 7.32. The maximum Gasteiger partial charge on any atom is 0.136 e. The lowest BCUT2D eigenvalue weighted by Gasteiger charge is -2.19. The van der Waals surface area contributed by atoms with Crippen LogP contribution in [0.25, 0.3) is 117 Å². The number of fused-ring (bicyclic) bond motifs is 12. The van der Waals surface area contributed by atoms with E-state index >= 15 is 0 Å². The minimum atomic E-state index is 0.927. The molecule has 1 nitrogen and oxygen atoms in total. The van der Waals surface area contributed by atoms with Crippen molar-refractivity contribution >= 4 is 107 Å². The van der Waals surface area contributed by atoms with E-state index in [-0.39, 0.29) is 0 Å². The van der Waals surface area contributed by atoms with Crippen molar-refractivity contribution < 1.29 is 4.42 Å². The summed E-state index contributed by atoms with van der Waals surface area (Å²) < 4.78 is 10.3. The maximum absolute atomic E-state index is 6.25. The van der Waals surface area contributed by atoms with Crippen LogP contribution >= 0.6 is 22.7 Å². The zero-order valence-electron chi connectivity index (χ0n) is 28.4. The molecule has 12 aromatic rings. The van der Waals surface area contributed by atoms with Gasteiger partial charge in [-0.3, -0.25) is 0 Å². The van der Waals surface area contributed by atoms with Crippen molar-refractivity contribution in [3.8, 4) is 32.7 Å². The lowest BCUT2D eigenvalue weighted by atomic mass is 9.84. The molecule has 0 aliphatic rings. The van der Waals surface area contributed by atoms with E-state index in [2.05, 4.69) is 164 Å². The molecule has 0 saturated carbocycles. The molecule has 0 radical (unpaired) electrons. The van der Waals surface area contributed by atoms with Crippen LogP contribution in [-0.2, 0) is 0 Å². The number of hydrogen-bond acceptors (Lipinski definition) is 3. The van der Waals surface area contributed by atoms with Crippen LogP contribution in [-0.4, -0.2) is 0 Å². The SMILES string of the molecule is c1ccc(-c2cc3c(-c4c5ccccc5c(-c5ccc6c(ccc7oc8ccccc8c76)c5)c5ccccc45)cc4c5ccccc5sc4c3s2)cc1. The molecule has 0 aliphatic heterocycles. The van der Waals surface area contributed by atoms with Gasteiger partial charge in [-0.05, 0) is 96.5 Å². The molecule has 53 heavy (non-hydrogen) atoms.